The molecule has 5 unspecified atom stereocenters. The predicted octanol–water partition coefficient (Wildman–Crippen LogP) is 3.47. The highest BCUT2D eigenvalue weighted by Crippen LogP contribution is 2.70. The Hall–Kier alpha value is -0.340. The Kier molecular flexibility index (Phi) is 2.60. The lowest BCUT2D eigenvalue weighted by Crippen LogP contribution is -2.28. The van der Waals surface area contributed by atoms with Crippen LogP contribution in [0.1, 0.15) is 35.9 Å². The molecule has 1 aromatic rings. The molecule has 0 aromatic carbocycles. The first kappa shape index (κ1) is 11.5. The van der Waals surface area contributed by atoms with Crippen molar-refractivity contribution in [3.8, 4) is 0 Å². The van der Waals surface area contributed by atoms with Crippen molar-refractivity contribution in [1.29, 1.82) is 0 Å². The Bertz CT molecular complexity index is 436. The van der Waals surface area contributed by atoms with Crippen LogP contribution < -0.4 is 5.73 Å². The van der Waals surface area contributed by atoms with Crippen molar-refractivity contribution in [2.75, 3.05) is 0 Å². The lowest BCUT2D eigenvalue weighted by Gasteiger charge is -2.15. The summed E-state index contributed by atoms with van der Waals surface area (Å²) in [7, 11) is 0. The van der Waals surface area contributed by atoms with Crippen molar-refractivity contribution in [3.63, 3.8) is 0 Å². The maximum absolute atomic E-state index is 6.51. The minimum atomic E-state index is 0.437. The van der Waals surface area contributed by atoms with E-state index in [2.05, 4.69) is 19.1 Å². The molecule has 5 atom stereocenters. The maximum atomic E-state index is 6.51. The summed E-state index contributed by atoms with van der Waals surface area (Å²) in [6.45, 7) is 2.23. The summed E-state index contributed by atoms with van der Waals surface area (Å²) < 4.78 is 0. The minimum Gasteiger partial charge on any atom is -0.327 e. The highest BCUT2D eigenvalue weighted by atomic mass is 32.1. The van der Waals surface area contributed by atoms with E-state index in [0.29, 0.717) is 6.04 Å². The summed E-state index contributed by atoms with van der Waals surface area (Å²) in [4.78, 5) is 3.02. The van der Waals surface area contributed by atoms with Crippen LogP contribution in [0.5, 0.6) is 0 Å². The third kappa shape index (κ3) is 1.61. The number of fused-ring (bicyclic) bond motifs is 5. The smallest absolute Gasteiger partial charge is 0.0121 e. The molecule has 0 saturated heterocycles. The molecule has 18 heavy (non-hydrogen) atoms. The van der Waals surface area contributed by atoms with E-state index in [9.17, 15) is 0 Å². The van der Waals surface area contributed by atoms with E-state index in [1.165, 1.54) is 35.4 Å². The van der Waals surface area contributed by atoms with E-state index in [-0.39, 0.29) is 0 Å². The summed E-state index contributed by atoms with van der Waals surface area (Å²) >= 11 is 1.97. The Balaban J connectivity index is 1.41. The van der Waals surface area contributed by atoms with Gasteiger partial charge in [-0.25, -0.2) is 0 Å². The predicted molar refractivity (Wildman–Crippen MR) is 76.7 cm³/mol. The van der Waals surface area contributed by atoms with Crippen LogP contribution in [0.4, 0.5) is 0 Å². The number of nitrogens with two attached hydrogens (primary N) is 1. The van der Waals surface area contributed by atoms with Crippen LogP contribution in [0, 0.1) is 29.6 Å². The highest BCUT2D eigenvalue weighted by molar-refractivity contribution is 7.11. The fourth-order valence-electron chi connectivity index (χ4n) is 5.06. The lowest BCUT2D eigenvalue weighted by molar-refractivity contribution is 0.410. The van der Waals surface area contributed by atoms with Crippen LogP contribution in [0.25, 0.3) is 0 Å². The molecule has 0 amide bonds. The van der Waals surface area contributed by atoms with Crippen molar-refractivity contribution < 1.29 is 0 Å². The van der Waals surface area contributed by atoms with E-state index < -0.39 is 0 Å². The number of aryl methyl sites for hydroxylation is 1. The van der Waals surface area contributed by atoms with Crippen molar-refractivity contribution in [1.82, 2.24) is 0 Å². The van der Waals surface area contributed by atoms with Crippen LogP contribution >= 0.6 is 11.3 Å². The number of rotatable bonds is 4. The van der Waals surface area contributed by atoms with Gasteiger partial charge in [-0.3, -0.25) is 0 Å². The second-order valence-corrected chi connectivity index (χ2v) is 7.91. The van der Waals surface area contributed by atoms with Gasteiger partial charge in [-0.05, 0) is 73.8 Å². The molecular formula is C16H23NS. The second-order valence-electron chi connectivity index (χ2n) is 6.65. The summed E-state index contributed by atoms with van der Waals surface area (Å²) in [6, 6.07) is 5.02. The van der Waals surface area contributed by atoms with Crippen LogP contribution in [0.3, 0.4) is 0 Å². The number of hydrogen-bond donors (Lipinski definition) is 1. The highest BCUT2D eigenvalue weighted by Gasteiger charge is 2.65. The largest absolute Gasteiger partial charge is 0.327 e. The molecule has 2 heteroatoms. The van der Waals surface area contributed by atoms with E-state index in [1.807, 2.05) is 11.3 Å². The fourth-order valence-corrected chi connectivity index (χ4v) is 6.08. The van der Waals surface area contributed by atoms with Gasteiger partial charge in [0, 0.05) is 15.8 Å². The zero-order valence-corrected chi connectivity index (χ0v) is 12.0. The van der Waals surface area contributed by atoms with Gasteiger partial charge in [0.1, 0.15) is 0 Å². The minimum absolute atomic E-state index is 0.437. The standard InChI is InChI=1S/C16H23NS/c1-2-11-5-6-12(18-11)8-13(17)16-14-9-3-4-10(7-9)15(14)16/h5-6,9-10,13-16H,2-4,7-8,17H2,1H3. The Morgan fingerprint density at radius 1 is 1.22 bits per heavy atom. The molecule has 2 bridgehead atoms. The van der Waals surface area contributed by atoms with E-state index in [4.69, 9.17) is 5.73 Å². The summed E-state index contributed by atoms with van der Waals surface area (Å²) in [6.07, 6.45) is 6.85. The molecule has 1 nitrogen and oxygen atoms in total. The van der Waals surface area contributed by atoms with Gasteiger partial charge in [0.25, 0.3) is 0 Å². The molecular weight excluding hydrogens is 238 g/mol. The van der Waals surface area contributed by atoms with Gasteiger partial charge in [-0.2, -0.15) is 0 Å². The third-order valence-electron chi connectivity index (χ3n) is 5.79. The third-order valence-corrected chi connectivity index (χ3v) is 7.04. The topological polar surface area (TPSA) is 26.0 Å². The zero-order chi connectivity index (χ0) is 12.3. The Morgan fingerprint density at radius 2 is 1.89 bits per heavy atom. The van der Waals surface area contributed by atoms with Gasteiger partial charge in [0.05, 0.1) is 0 Å². The first-order valence-electron chi connectivity index (χ1n) is 7.61. The molecule has 0 aliphatic heterocycles. The molecule has 1 aromatic heterocycles. The van der Waals surface area contributed by atoms with Crippen LogP contribution in [-0.4, -0.2) is 6.04 Å². The summed E-state index contributed by atoms with van der Waals surface area (Å²) in [5, 5.41) is 0. The molecule has 4 rings (SSSR count). The van der Waals surface area contributed by atoms with Crippen LogP contribution in [-0.2, 0) is 12.8 Å². The van der Waals surface area contributed by atoms with Crippen LogP contribution in [0.15, 0.2) is 12.1 Å². The van der Waals surface area contributed by atoms with Gasteiger partial charge in [-0.15, -0.1) is 11.3 Å². The number of thiophene rings is 1. The number of hydrogen-bond acceptors (Lipinski definition) is 2. The molecule has 3 saturated carbocycles. The van der Waals surface area contributed by atoms with Crippen molar-refractivity contribution in [2.24, 2.45) is 35.3 Å². The second kappa shape index (κ2) is 4.08. The first-order valence-corrected chi connectivity index (χ1v) is 8.42. The molecule has 3 fully saturated rings. The molecule has 98 valence electrons. The average Bonchev–Trinajstić information content (AvgIpc) is 2.73. The maximum Gasteiger partial charge on any atom is 0.0121 e. The van der Waals surface area contributed by atoms with Crippen LogP contribution in [0.2, 0.25) is 0 Å². The molecule has 0 radical (unpaired) electrons. The summed E-state index contributed by atoms with van der Waals surface area (Å²) in [5.74, 6) is 5.06. The van der Waals surface area contributed by atoms with Gasteiger partial charge in [0.15, 0.2) is 0 Å². The summed E-state index contributed by atoms with van der Waals surface area (Å²) in [5.41, 5.74) is 6.51. The average molecular weight is 261 g/mol. The monoisotopic (exact) mass is 261 g/mol. The van der Waals surface area contributed by atoms with Crippen molar-refractivity contribution in [3.05, 3.63) is 21.9 Å². The normalized spacial score (nSPS) is 42.0. The van der Waals surface area contributed by atoms with E-state index in [0.717, 1.165) is 36.0 Å². The van der Waals surface area contributed by atoms with Crippen molar-refractivity contribution in [2.45, 2.75) is 45.1 Å². The van der Waals surface area contributed by atoms with Gasteiger partial charge in [0.2, 0.25) is 0 Å². The fraction of sp³-hybridized carbons (Fsp3) is 0.750. The zero-order valence-electron chi connectivity index (χ0n) is 11.1. The Labute approximate surface area is 114 Å². The SMILES string of the molecule is CCc1ccc(CC(N)C2C3C4CCC(C4)C23)s1. The molecule has 1 heterocycles. The van der Waals surface area contributed by atoms with E-state index >= 15 is 0 Å². The molecule has 3 aliphatic rings. The van der Waals surface area contributed by atoms with E-state index in [1.54, 1.807) is 0 Å². The molecule has 3 aliphatic carbocycles. The van der Waals surface area contributed by atoms with Gasteiger partial charge in [-0.1, -0.05) is 6.92 Å². The molecule has 0 spiro atoms. The van der Waals surface area contributed by atoms with Gasteiger partial charge >= 0.3 is 0 Å². The lowest BCUT2D eigenvalue weighted by atomic mass is 9.96. The van der Waals surface area contributed by atoms with Crippen molar-refractivity contribution >= 4 is 11.3 Å². The Morgan fingerprint density at radius 3 is 2.50 bits per heavy atom. The molecule has 2 N–H and O–H groups in total. The van der Waals surface area contributed by atoms with Gasteiger partial charge < -0.3 is 5.73 Å². The first-order chi connectivity index (χ1) is 8.78. The quantitative estimate of drug-likeness (QED) is 0.882.